The minimum atomic E-state index is -1.10. The van der Waals surface area contributed by atoms with Crippen LogP contribution in [0.5, 0.6) is 0 Å². The van der Waals surface area contributed by atoms with Gasteiger partial charge >= 0.3 is 5.97 Å². The number of carboxylic acid groups (broad SMARTS) is 1. The van der Waals surface area contributed by atoms with Crippen molar-refractivity contribution in [3.05, 3.63) is 41.2 Å². The van der Waals surface area contributed by atoms with Crippen LogP contribution in [0.1, 0.15) is 38.3 Å². The third-order valence-electron chi connectivity index (χ3n) is 2.80. The number of carboxylic acids is 1. The normalized spacial score (nSPS) is 13.1. The van der Waals surface area contributed by atoms with Crippen molar-refractivity contribution in [1.82, 2.24) is 0 Å². The predicted molar refractivity (Wildman–Crippen MR) is 76.8 cm³/mol. The number of hydrogen-bond donors (Lipinski definition) is 1. The quantitative estimate of drug-likeness (QED) is 0.771. The van der Waals surface area contributed by atoms with Crippen molar-refractivity contribution in [2.24, 2.45) is 5.92 Å². The molecule has 0 saturated carbocycles. The van der Waals surface area contributed by atoms with Gasteiger partial charge in [-0.15, -0.1) is 0 Å². The molecular weight excluding hydrogens is 259 g/mol. The second-order valence-electron chi connectivity index (χ2n) is 5.28. The summed E-state index contributed by atoms with van der Waals surface area (Å²) < 4.78 is 19.2. The van der Waals surface area contributed by atoms with Crippen LogP contribution in [0.15, 0.2) is 24.3 Å². The van der Waals surface area contributed by atoms with Crippen molar-refractivity contribution in [3.8, 4) is 0 Å². The summed E-state index contributed by atoms with van der Waals surface area (Å²) in [5.74, 6) is -0.981. The highest BCUT2D eigenvalue weighted by molar-refractivity contribution is 5.85. The van der Waals surface area contributed by atoms with E-state index in [4.69, 9.17) is 9.84 Å². The molecule has 20 heavy (non-hydrogen) atoms. The fraction of sp³-hybridized carbons (Fsp3) is 0.438. The Morgan fingerprint density at radius 3 is 2.70 bits per heavy atom. The van der Waals surface area contributed by atoms with Gasteiger partial charge in [0.1, 0.15) is 5.82 Å². The smallest absolute Gasteiger partial charge is 0.328 e. The summed E-state index contributed by atoms with van der Waals surface area (Å²) in [6.07, 6.45) is 3.27. The molecule has 1 aromatic rings. The molecule has 110 valence electrons. The topological polar surface area (TPSA) is 46.5 Å². The average Bonchev–Trinajstić information content (AvgIpc) is 2.35. The minimum absolute atomic E-state index is 0.137. The van der Waals surface area contributed by atoms with E-state index in [0.717, 1.165) is 18.1 Å². The van der Waals surface area contributed by atoms with Crippen LogP contribution in [0.25, 0.3) is 6.08 Å². The molecule has 0 amide bonds. The molecule has 0 bridgehead atoms. The summed E-state index contributed by atoms with van der Waals surface area (Å²) >= 11 is 0. The molecule has 0 aliphatic heterocycles. The van der Waals surface area contributed by atoms with E-state index in [1.165, 1.54) is 12.1 Å². The number of benzene rings is 1. The summed E-state index contributed by atoms with van der Waals surface area (Å²) in [4.78, 5) is 10.5. The first-order valence-electron chi connectivity index (χ1n) is 6.69. The van der Waals surface area contributed by atoms with Crippen molar-refractivity contribution in [2.45, 2.75) is 39.9 Å². The largest absolute Gasteiger partial charge is 0.478 e. The summed E-state index contributed by atoms with van der Waals surface area (Å²) in [5.41, 5.74) is 1.08. The van der Waals surface area contributed by atoms with Crippen LogP contribution in [-0.2, 0) is 16.1 Å². The van der Waals surface area contributed by atoms with Gasteiger partial charge in [-0.05, 0) is 43.0 Å². The van der Waals surface area contributed by atoms with E-state index in [9.17, 15) is 9.18 Å². The van der Waals surface area contributed by atoms with Gasteiger partial charge in [-0.1, -0.05) is 19.9 Å². The molecule has 0 radical (unpaired) electrons. The Balaban J connectivity index is 2.68. The Morgan fingerprint density at radius 1 is 1.40 bits per heavy atom. The Labute approximate surface area is 119 Å². The van der Waals surface area contributed by atoms with Gasteiger partial charge in [0, 0.05) is 11.6 Å². The van der Waals surface area contributed by atoms with Crippen LogP contribution >= 0.6 is 0 Å². The van der Waals surface area contributed by atoms with Crippen LogP contribution < -0.4 is 0 Å². The monoisotopic (exact) mass is 280 g/mol. The average molecular weight is 280 g/mol. The minimum Gasteiger partial charge on any atom is -0.478 e. The molecule has 0 heterocycles. The predicted octanol–water partition coefficient (Wildman–Crippen LogP) is 3.87. The second-order valence-corrected chi connectivity index (χ2v) is 5.28. The van der Waals surface area contributed by atoms with Crippen LogP contribution in [0.3, 0.4) is 0 Å². The lowest BCUT2D eigenvalue weighted by atomic mass is 10.1. The number of hydrogen-bond acceptors (Lipinski definition) is 2. The van der Waals surface area contributed by atoms with Gasteiger partial charge in [0.2, 0.25) is 0 Å². The first kappa shape index (κ1) is 16.4. The van der Waals surface area contributed by atoms with E-state index in [1.807, 2.05) is 6.92 Å². The standard InChI is InChI=1S/C16H21FO3/c1-11(2)8-12(3)20-10-13-4-6-15(17)14(9-13)5-7-16(18)19/h4-7,9,11-12H,8,10H2,1-3H3,(H,18,19). The molecule has 3 nitrogen and oxygen atoms in total. The molecule has 4 heteroatoms. The first-order valence-corrected chi connectivity index (χ1v) is 6.69. The van der Waals surface area contributed by atoms with Gasteiger partial charge in [0.05, 0.1) is 12.7 Å². The maximum atomic E-state index is 13.5. The van der Waals surface area contributed by atoms with Crippen LogP contribution in [-0.4, -0.2) is 17.2 Å². The van der Waals surface area contributed by atoms with E-state index < -0.39 is 11.8 Å². The van der Waals surface area contributed by atoms with Crippen molar-refractivity contribution >= 4 is 12.0 Å². The number of halogens is 1. The maximum Gasteiger partial charge on any atom is 0.328 e. The van der Waals surface area contributed by atoms with Crippen molar-refractivity contribution in [2.75, 3.05) is 0 Å². The highest BCUT2D eigenvalue weighted by atomic mass is 19.1. The van der Waals surface area contributed by atoms with E-state index in [0.29, 0.717) is 12.5 Å². The number of aliphatic carboxylic acids is 1. The third-order valence-corrected chi connectivity index (χ3v) is 2.80. The Bertz CT molecular complexity index is 481. The molecule has 1 N–H and O–H groups in total. The van der Waals surface area contributed by atoms with Gasteiger partial charge < -0.3 is 9.84 Å². The number of rotatable bonds is 7. The maximum absolute atomic E-state index is 13.5. The zero-order chi connectivity index (χ0) is 15.1. The molecule has 1 aromatic carbocycles. The zero-order valence-electron chi connectivity index (χ0n) is 12.1. The molecule has 0 aliphatic carbocycles. The van der Waals surface area contributed by atoms with Gasteiger partial charge in [0.15, 0.2) is 0 Å². The van der Waals surface area contributed by atoms with Gasteiger partial charge in [-0.3, -0.25) is 0 Å². The molecule has 1 atom stereocenters. The highest BCUT2D eigenvalue weighted by Crippen LogP contribution is 2.15. The second kappa shape index (κ2) is 7.80. The molecule has 0 spiro atoms. The van der Waals surface area contributed by atoms with Gasteiger partial charge in [-0.25, -0.2) is 9.18 Å². The summed E-state index contributed by atoms with van der Waals surface area (Å²) in [6.45, 7) is 6.66. The van der Waals surface area contributed by atoms with E-state index in [-0.39, 0.29) is 11.7 Å². The van der Waals surface area contributed by atoms with Gasteiger partial charge in [-0.2, -0.15) is 0 Å². The Hall–Kier alpha value is -1.68. The molecule has 1 rings (SSSR count). The van der Waals surface area contributed by atoms with Crippen molar-refractivity contribution in [1.29, 1.82) is 0 Å². The highest BCUT2D eigenvalue weighted by Gasteiger charge is 2.07. The molecule has 0 saturated heterocycles. The SMILES string of the molecule is CC(C)CC(C)OCc1ccc(F)c(C=CC(=O)O)c1. The van der Waals surface area contributed by atoms with Crippen molar-refractivity contribution in [3.63, 3.8) is 0 Å². The Morgan fingerprint density at radius 2 is 2.10 bits per heavy atom. The molecule has 1 unspecified atom stereocenters. The summed E-state index contributed by atoms with van der Waals surface area (Å²) in [7, 11) is 0. The van der Waals surface area contributed by atoms with E-state index in [2.05, 4.69) is 13.8 Å². The van der Waals surface area contributed by atoms with Crippen LogP contribution in [0, 0.1) is 11.7 Å². The van der Waals surface area contributed by atoms with Crippen molar-refractivity contribution < 1.29 is 19.0 Å². The Kier molecular flexibility index (Phi) is 6.39. The fourth-order valence-electron chi connectivity index (χ4n) is 1.94. The van der Waals surface area contributed by atoms with Gasteiger partial charge in [0.25, 0.3) is 0 Å². The lowest BCUT2D eigenvalue weighted by Crippen LogP contribution is -2.11. The van der Waals surface area contributed by atoms with Crippen LogP contribution in [0.2, 0.25) is 0 Å². The lowest BCUT2D eigenvalue weighted by molar-refractivity contribution is -0.131. The third kappa shape index (κ3) is 5.97. The number of ether oxygens (including phenoxy) is 1. The molecule has 0 aliphatic rings. The number of carbonyl (C=O) groups is 1. The molecule has 0 fully saturated rings. The molecule has 0 aromatic heterocycles. The van der Waals surface area contributed by atoms with E-state index >= 15 is 0 Å². The summed E-state index contributed by atoms with van der Waals surface area (Å²) in [5, 5.41) is 8.56. The zero-order valence-corrected chi connectivity index (χ0v) is 12.1. The molecular formula is C16H21FO3. The van der Waals surface area contributed by atoms with E-state index in [1.54, 1.807) is 12.1 Å². The fourth-order valence-corrected chi connectivity index (χ4v) is 1.94. The summed E-state index contributed by atoms with van der Waals surface area (Å²) in [6, 6.07) is 4.58. The lowest BCUT2D eigenvalue weighted by Gasteiger charge is -2.15. The van der Waals surface area contributed by atoms with Crippen LogP contribution in [0.4, 0.5) is 4.39 Å². The first-order chi connectivity index (χ1) is 9.38.